The van der Waals surface area contributed by atoms with Crippen molar-refractivity contribution in [3.8, 4) is 0 Å². The number of carbonyl (C=O) groups is 1. The Morgan fingerprint density at radius 3 is 2.53 bits per heavy atom. The van der Waals surface area contributed by atoms with Crippen LogP contribution in [0.3, 0.4) is 0 Å². The fourth-order valence-electron chi connectivity index (χ4n) is 1.48. The van der Waals surface area contributed by atoms with E-state index in [4.69, 9.17) is 0 Å². The second-order valence-corrected chi connectivity index (χ2v) is 5.87. The van der Waals surface area contributed by atoms with E-state index in [1.807, 2.05) is 7.05 Å². The normalized spacial score (nSPS) is 11.5. The van der Waals surface area contributed by atoms with Gasteiger partial charge in [0.05, 0.1) is 0 Å². The van der Waals surface area contributed by atoms with Crippen LogP contribution in [0.5, 0.6) is 0 Å². The molecule has 0 unspecified atom stereocenters. The monoisotopic (exact) mass is 272 g/mol. The Morgan fingerprint density at radius 1 is 1.53 bits per heavy atom. The van der Waals surface area contributed by atoms with E-state index in [1.165, 1.54) is 0 Å². The molecule has 1 heterocycles. The van der Waals surface area contributed by atoms with Gasteiger partial charge in [-0.05, 0) is 27.4 Å². The second-order valence-electron chi connectivity index (χ2n) is 4.95. The molecule has 1 rings (SSSR count). The van der Waals surface area contributed by atoms with Gasteiger partial charge in [0.15, 0.2) is 0 Å². The van der Waals surface area contributed by atoms with Gasteiger partial charge in [-0.15, -0.1) is 0 Å². The predicted molar refractivity (Wildman–Crippen MR) is 64.9 cm³/mol. The number of aromatic amines is 1. The summed E-state index contributed by atoms with van der Waals surface area (Å²) in [6.45, 7) is 7.08. The lowest BCUT2D eigenvalue weighted by atomic mass is 9.96. The van der Waals surface area contributed by atoms with Crippen LogP contribution in [-0.2, 0) is 0 Å². The third kappa shape index (κ3) is 3.70. The van der Waals surface area contributed by atoms with E-state index in [0.29, 0.717) is 5.69 Å². The van der Waals surface area contributed by atoms with Crippen molar-refractivity contribution in [1.82, 2.24) is 9.88 Å². The molecule has 0 aliphatic rings. The number of nitrogens with one attached hydrogen (secondary N) is 1. The summed E-state index contributed by atoms with van der Waals surface area (Å²) < 4.78 is 0.898. The summed E-state index contributed by atoms with van der Waals surface area (Å²) in [6, 6.07) is 1.79. The Labute approximate surface area is 99.0 Å². The number of H-pyrrole nitrogens is 1. The summed E-state index contributed by atoms with van der Waals surface area (Å²) in [5.74, 6) is 0.0237. The number of amides is 1. The number of hydrogen-bond acceptors (Lipinski definition) is 1. The lowest BCUT2D eigenvalue weighted by molar-refractivity contribution is 0.0740. The standard InChI is InChI=1S/C11H17BrN2O/c1-11(2,3)7-14(4)10(15)9-5-8(12)6-13-9/h5-6,13H,7H2,1-4H3. The maximum Gasteiger partial charge on any atom is 0.270 e. The molecule has 1 amide bonds. The van der Waals surface area contributed by atoms with Crippen molar-refractivity contribution in [2.45, 2.75) is 20.8 Å². The van der Waals surface area contributed by atoms with Crippen LogP contribution in [0.25, 0.3) is 0 Å². The third-order valence-corrected chi connectivity index (χ3v) is 2.39. The fraction of sp³-hybridized carbons (Fsp3) is 0.545. The molecule has 4 heteroatoms. The highest BCUT2D eigenvalue weighted by Gasteiger charge is 2.19. The van der Waals surface area contributed by atoms with Crippen LogP contribution in [-0.4, -0.2) is 29.4 Å². The summed E-state index contributed by atoms with van der Waals surface area (Å²) in [7, 11) is 1.82. The van der Waals surface area contributed by atoms with Crippen molar-refractivity contribution in [2.24, 2.45) is 5.41 Å². The maximum atomic E-state index is 11.9. The fourth-order valence-corrected chi connectivity index (χ4v) is 1.82. The van der Waals surface area contributed by atoms with Crippen molar-refractivity contribution >= 4 is 21.8 Å². The van der Waals surface area contributed by atoms with Gasteiger partial charge in [0.1, 0.15) is 5.69 Å². The zero-order chi connectivity index (χ0) is 11.6. The van der Waals surface area contributed by atoms with Crippen molar-refractivity contribution in [2.75, 3.05) is 13.6 Å². The first-order valence-electron chi connectivity index (χ1n) is 4.89. The molecular weight excluding hydrogens is 256 g/mol. The predicted octanol–water partition coefficient (Wildman–Crippen LogP) is 2.90. The van der Waals surface area contributed by atoms with Gasteiger partial charge in [0.25, 0.3) is 5.91 Å². The first-order valence-corrected chi connectivity index (χ1v) is 5.68. The molecule has 0 saturated carbocycles. The van der Waals surface area contributed by atoms with Crippen LogP contribution in [0.15, 0.2) is 16.7 Å². The van der Waals surface area contributed by atoms with Gasteiger partial charge in [-0.25, -0.2) is 0 Å². The van der Waals surface area contributed by atoms with Gasteiger partial charge >= 0.3 is 0 Å². The zero-order valence-electron chi connectivity index (χ0n) is 9.60. The molecule has 0 aromatic carbocycles. The maximum absolute atomic E-state index is 11.9. The Morgan fingerprint density at radius 2 is 2.13 bits per heavy atom. The molecule has 1 aromatic heterocycles. The topological polar surface area (TPSA) is 36.1 Å². The minimum atomic E-state index is 0.0237. The van der Waals surface area contributed by atoms with Crippen molar-refractivity contribution < 1.29 is 4.79 Å². The molecular formula is C11H17BrN2O. The molecule has 0 radical (unpaired) electrons. The number of halogens is 1. The van der Waals surface area contributed by atoms with Crippen LogP contribution < -0.4 is 0 Å². The minimum Gasteiger partial charge on any atom is -0.356 e. The van der Waals surface area contributed by atoms with Gasteiger partial charge in [-0.1, -0.05) is 20.8 Å². The summed E-state index contributed by atoms with van der Waals surface area (Å²) in [4.78, 5) is 16.6. The van der Waals surface area contributed by atoms with E-state index >= 15 is 0 Å². The summed E-state index contributed by atoms with van der Waals surface area (Å²) in [5.41, 5.74) is 0.738. The molecule has 0 aliphatic carbocycles. The molecule has 84 valence electrons. The smallest absolute Gasteiger partial charge is 0.270 e. The SMILES string of the molecule is CN(CC(C)(C)C)C(=O)c1cc(Br)c[nH]1. The van der Waals surface area contributed by atoms with E-state index in [2.05, 4.69) is 41.7 Å². The highest BCUT2D eigenvalue weighted by molar-refractivity contribution is 9.10. The van der Waals surface area contributed by atoms with Crippen LogP contribution >= 0.6 is 15.9 Å². The number of nitrogens with zero attached hydrogens (tertiary/aromatic N) is 1. The van der Waals surface area contributed by atoms with Crippen molar-refractivity contribution in [3.05, 3.63) is 22.4 Å². The third-order valence-electron chi connectivity index (χ3n) is 1.94. The van der Waals surface area contributed by atoms with Crippen molar-refractivity contribution in [1.29, 1.82) is 0 Å². The zero-order valence-corrected chi connectivity index (χ0v) is 11.2. The first kappa shape index (κ1) is 12.3. The second kappa shape index (κ2) is 4.39. The Hall–Kier alpha value is -0.770. The van der Waals surface area contributed by atoms with Crippen LogP contribution in [0.2, 0.25) is 0 Å². The Kier molecular flexibility index (Phi) is 3.60. The van der Waals surface area contributed by atoms with Gasteiger partial charge in [-0.2, -0.15) is 0 Å². The highest BCUT2D eigenvalue weighted by Crippen LogP contribution is 2.17. The molecule has 1 N–H and O–H groups in total. The van der Waals surface area contributed by atoms with Crippen LogP contribution in [0, 0.1) is 5.41 Å². The molecule has 0 spiro atoms. The Bertz CT molecular complexity index is 352. The molecule has 0 atom stereocenters. The van der Waals surface area contributed by atoms with Gasteiger partial charge in [0.2, 0.25) is 0 Å². The van der Waals surface area contributed by atoms with E-state index in [0.717, 1.165) is 11.0 Å². The molecule has 1 aromatic rings. The molecule has 15 heavy (non-hydrogen) atoms. The largest absolute Gasteiger partial charge is 0.356 e. The lowest BCUT2D eigenvalue weighted by Crippen LogP contribution is -2.34. The average molecular weight is 273 g/mol. The summed E-state index contributed by atoms with van der Waals surface area (Å²) >= 11 is 3.31. The number of rotatable bonds is 2. The average Bonchev–Trinajstić information content (AvgIpc) is 2.47. The van der Waals surface area contributed by atoms with Crippen LogP contribution in [0.4, 0.5) is 0 Å². The van der Waals surface area contributed by atoms with E-state index in [-0.39, 0.29) is 11.3 Å². The first-order chi connectivity index (χ1) is 6.79. The van der Waals surface area contributed by atoms with E-state index < -0.39 is 0 Å². The molecule has 0 saturated heterocycles. The number of hydrogen-bond donors (Lipinski definition) is 1. The molecule has 0 fully saturated rings. The van der Waals surface area contributed by atoms with E-state index in [1.54, 1.807) is 17.2 Å². The highest BCUT2D eigenvalue weighted by atomic mass is 79.9. The molecule has 0 aliphatic heterocycles. The quantitative estimate of drug-likeness (QED) is 0.883. The lowest BCUT2D eigenvalue weighted by Gasteiger charge is -2.26. The Balaban J connectivity index is 2.69. The van der Waals surface area contributed by atoms with Gasteiger partial charge < -0.3 is 9.88 Å². The van der Waals surface area contributed by atoms with Gasteiger partial charge in [-0.3, -0.25) is 4.79 Å². The summed E-state index contributed by atoms with van der Waals surface area (Å²) in [5, 5.41) is 0. The van der Waals surface area contributed by atoms with Gasteiger partial charge in [0, 0.05) is 24.3 Å². The number of aromatic nitrogens is 1. The summed E-state index contributed by atoms with van der Waals surface area (Å²) in [6.07, 6.45) is 1.76. The minimum absolute atomic E-state index is 0.0237. The number of carbonyl (C=O) groups excluding carboxylic acids is 1. The van der Waals surface area contributed by atoms with Crippen LogP contribution in [0.1, 0.15) is 31.3 Å². The molecule has 3 nitrogen and oxygen atoms in total. The molecule has 0 bridgehead atoms. The van der Waals surface area contributed by atoms with Crippen molar-refractivity contribution in [3.63, 3.8) is 0 Å². The van der Waals surface area contributed by atoms with E-state index in [9.17, 15) is 4.79 Å².